The Hall–Kier alpha value is -2.29. The Bertz CT molecular complexity index is 816. The molecule has 106 valence electrons. The van der Waals surface area contributed by atoms with Gasteiger partial charge in [0.2, 0.25) is 0 Å². The van der Waals surface area contributed by atoms with Crippen LogP contribution >= 0.6 is 0 Å². The molecule has 3 nitrogen and oxygen atoms in total. The zero-order chi connectivity index (χ0) is 14.4. The Kier molecular flexibility index (Phi) is 2.74. The number of benzene rings is 1. The van der Waals surface area contributed by atoms with Crippen molar-refractivity contribution in [1.29, 1.82) is 0 Å². The molecule has 4 rings (SSSR count). The molecule has 0 unspecified atom stereocenters. The monoisotopic (exact) mass is 277 g/mol. The molecule has 0 bridgehead atoms. The van der Waals surface area contributed by atoms with Crippen LogP contribution in [0.1, 0.15) is 16.7 Å². The molecule has 3 heterocycles. The first kappa shape index (κ1) is 12.5. The van der Waals surface area contributed by atoms with Gasteiger partial charge in [-0.05, 0) is 36.1 Å². The van der Waals surface area contributed by atoms with Crippen LogP contribution in [0.3, 0.4) is 0 Å². The highest BCUT2D eigenvalue weighted by Crippen LogP contribution is 2.31. The summed E-state index contributed by atoms with van der Waals surface area (Å²) in [5.41, 5.74) is 5.47. The topological polar surface area (TPSA) is 21.1 Å². The van der Waals surface area contributed by atoms with Gasteiger partial charge in [0.1, 0.15) is 5.82 Å². The first-order valence-corrected chi connectivity index (χ1v) is 7.46. The van der Waals surface area contributed by atoms with Gasteiger partial charge >= 0.3 is 0 Å². The molecular formula is C18H19N3. The van der Waals surface area contributed by atoms with E-state index in [1.54, 1.807) is 0 Å². The van der Waals surface area contributed by atoms with Crippen LogP contribution in [0.5, 0.6) is 0 Å². The quantitative estimate of drug-likeness (QED) is 0.679. The van der Waals surface area contributed by atoms with E-state index in [0.29, 0.717) is 0 Å². The van der Waals surface area contributed by atoms with Gasteiger partial charge < -0.3 is 9.47 Å². The average Bonchev–Trinajstić information content (AvgIpc) is 2.82. The molecule has 0 spiro atoms. The fourth-order valence-electron chi connectivity index (χ4n) is 3.45. The maximum absolute atomic E-state index is 4.69. The number of hydrogen-bond donors (Lipinski definition) is 0. The summed E-state index contributed by atoms with van der Waals surface area (Å²) < 4.78 is 2.19. The number of hydrogen-bond acceptors (Lipinski definition) is 2. The van der Waals surface area contributed by atoms with Gasteiger partial charge in [0.15, 0.2) is 0 Å². The van der Waals surface area contributed by atoms with Crippen LogP contribution in [0.4, 0.5) is 5.82 Å². The summed E-state index contributed by atoms with van der Waals surface area (Å²) in [5, 5.41) is 1.29. The molecule has 3 heteroatoms. The van der Waals surface area contributed by atoms with Crippen LogP contribution in [-0.2, 0) is 20.0 Å². The SMILES string of the molecule is Cc1cn(C)c2ccnc(N3CCc4ccccc4C3)c12. The summed E-state index contributed by atoms with van der Waals surface area (Å²) in [5.74, 6) is 1.13. The van der Waals surface area contributed by atoms with Crippen LogP contribution in [-0.4, -0.2) is 16.1 Å². The molecular weight excluding hydrogens is 258 g/mol. The molecule has 0 amide bonds. The van der Waals surface area contributed by atoms with Crippen LogP contribution in [0.2, 0.25) is 0 Å². The lowest BCUT2D eigenvalue weighted by Crippen LogP contribution is -2.31. The first-order valence-electron chi connectivity index (χ1n) is 7.46. The lowest BCUT2D eigenvalue weighted by atomic mass is 9.99. The van der Waals surface area contributed by atoms with Gasteiger partial charge in [0, 0.05) is 37.9 Å². The number of pyridine rings is 1. The maximum Gasteiger partial charge on any atom is 0.138 e. The van der Waals surface area contributed by atoms with Crippen molar-refractivity contribution in [1.82, 2.24) is 9.55 Å². The minimum atomic E-state index is 0.955. The molecule has 0 saturated heterocycles. The third-order valence-corrected chi connectivity index (χ3v) is 4.50. The van der Waals surface area contributed by atoms with Crippen LogP contribution in [0.25, 0.3) is 10.9 Å². The Labute approximate surface area is 124 Å². The van der Waals surface area contributed by atoms with Crippen molar-refractivity contribution in [3.63, 3.8) is 0 Å². The normalized spacial score (nSPS) is 14.5. The van der Waals surface area contributed by atoms with Crippen molar-refractivity contribution in [3.8, 4) is 0 Å². The van der Waals surface area contributed by atoms with E-state index in [1.165, 1.54) is 27.6 Å². The van der Waals surface area contributed by atoms with Crippen molar-refractivity contribution >= 4 is 16.7 Å². The fraction of sp³-hybridized carbons (Fsp3) is 0.278. The second-order valence-electron chi connectivity index (χ2n) is 5.89. The van der Waals surface area contributed by atoms with Crippen LogP contribution < -0.4 is 4.90 Å². The lowest BCUT2D eigenvalue weighted by Gasteiger charge is -2.30. The van der Waals surface area contributed by atoms with E-state index in [4.69, 9.17) is 4.98 Å². The van der Waals surface area contributed by atoms with Crippen LogP contribution in [0.15, 0.2) is 42.7 Å². The zero-order valence-corrected chi connectivity index (χ0v) is 12.5. The smallest absolute Gasteiger partial charge is 0.138 e. The highest BCUT2D eigenvalue weighted by molar-refractivity contribution is 5.93. The van der Waals surface area contributed by atoms with Gasteiger partial charge in [-0.25, -0.2) is 4.98 Å². The van der Waals surface area contributed by atoms with E-state index in [1.807, 2.05) is 6.20 Å². The summed E-state index contributed by atoms with van der Waals surface area (Å²) in [4.78, 5) is 7.10. The van der Waals surface area contributed by atoms with Gasteiger partial charge in [0.25, 0.3) is 0 Å². The second-order valence-corrected chi connectivity index (χ2v) is 5.89. The van der Waals surface area contributed by atoms with E-state index in [0.717, 1.165) is 25.3 Å². The molecule has 1 aliphatic rings. The Morgan fingerprint density at radius 1 is 1.10 bits per heavy atom. The standard InChI is InChI=1S/C18H19N3/c1-13-11-20(2)16-7-9-19-18(17(13)16)21-10-8-14-5-3-4-6-15(14)12-21/h3-7,9,11H,8,10,12H2,1-2H3. The lowest BCUT2D eigenvalue weighted by molar-refractivity contribution is 0.724. The molecule has 1 aliphatic heterocycles. The molecule has 1 aromatic carbocycles. The predicted molar refractivity (Wildman–Crippen MR) is 86.6 cm³/mol. The number of rotatable bonds is 1. The third kappa shape index (κ3) is 1.92. The minimum absolute atomic E-state index is 0.955. The van der Waals surface area contributed by atoms with Gasteiger partial charge in [-0.2, -0.15) is 0 Å². The summed E-state index contributed by atoms with van der Waals surface area (Å²) in [6.07, 6.45) is 5.21. The van der Waals surface area contributed by atoms with Gasteiger partial charge in [0.05, 0.1) is 5.52 Å². The van der Waals surface area contributed by atoms with E-state index in [9.17, 15) is 0 Å². The van der Waals surface area contributed by atoms with Crippen molar-refractivity contribution in [2.75, 3.05) is 11.4 Å². The zero-order valence-electron chi connectivity index (χ0n) is 12.5. The molecule has 0 atom stereocenters. The summed E-state index contributed by atoms with van der Waals surface area (Å²) >= 11 is 0. The van der Waals surface area contributed by atoms with Crippen molar-refractivity contribution in [3.05, 3.63) is 59.4 Å². The van der Waals surface area contributed by atoms with Crippen molar-refractivity contribution < 1.29 is 0 Å². The molecule has 0 saturated carbocycles. The number of nitrogens with zero attached hydrogens (tertiary/aromatic N) is 3. The summed E-state index contributed by atoms with van der Waals surface area (Å²) in [6, 6.07) is 10.8. The van der Waals surface area contributed by atoms with E-state index in [2.05, 4.69) is 60.0 Å². The molecule has 0 fully saturated rings. The first-order chi connectivity index (χ1) is 10.2. The number of aromatic nitrogens is 2. The van der Waals surface area contributed by atoms with E-state index in [-0.39, 0.29) is 0 Å². The highest BCUT2D eigenvalue weighted by Gasteiger charge is 2.20. The Morgan fingerprint density at radius 2 is 1.90 bits per heavy atom. The average molecular weight is 277 g/mol. The molecule has 2 aromatic heterocycles. The van der Waals surface area contributed by atoms with Crippen molar-refractivity contribution in [2.45, 2.75) is 19.9 Å². The third-order valence-electron chi connectivity index (χ3n) is 4.50. The Morgan fingerprint density at radius 3 is 2.76 bits per heavy atom. The van der Waals surface area contributed by atoms with Crippen LogP contribution in [0, 0.1) is 6.92 Å². The Balaban J connectivity index is 1.82. The molecule has 0 radical (unpaired) electrons. The van der Waals surface area contributed by atoms with Gasteiger partial charge in [-0.15, -0.1) is 0 Å². The molecule has 21 heavy (non-hydrogen) atoms. The molecule has 0 N–H and O–H groups in total. The largest absolute Gasteiger partial charge is 0.351 e. The van der Waals surface area contributed by atoms with E-state index >= 15 is 0 Å². The predicted octanol–water partition coefficient (Wildman–Crippen LogP) is 3.44. The fourth-order valence-corrected chi connectivity index (χ4v) is 3.45. The summed E-state index contributed by atoms with van der Waals surface area (Å²) in [7, 11) is 2.10. The van der Waals surface area contributed by atoms with Gasteiger partial charge in [-0.3, -0.25) is 0 Å². The van der Waals surface area contributed by atoms with Crippen molar-refractivity contribution in [2.24, 2.45) is 7.05 Å². The molecule has 3 aromatic rings. The number of fused-ring (bicyclic) bond motifs is 2. The maximum atomic E-state index is 4.69. The minimum Gasteiger partial charge on any atom is -0.351 e. The highest BCUT2D eigenvalue weighted by atomic mass is 15.2. The number of anilines is 1. The molecule has 0 aliphatic carbocycles. The number of aryl methyl sites for hydroxylation is 2. The summed E-state index contributed by atoms with van der Waals surface area (Å²) in [6.45, 7) is 4.17. The van der Waals surface area contributed by atoms with E-state index < -0.39 is 0 Å². The second kappa shape index (κ2) is 4.62. The van der Waals surface area contributed by atoms with Gasteiger partial charge in [-0.1, -0.05) is 24.3 Å².